The summed E-state index contributed by atoms with van der Waals surface area (Å²) in [6, 6.07) is 23.5. The molecule has 0 aliphatic carbocycles. The molecular formula is C40H50N4O8. The van der Waals surface area contributed by atoms with Gasteiger partial charge in [0, 0.05) is 26.1 Å². The molecule has 3 atom stereocenters. The van der Waals surface area contributed by atoms with E-state index in [9.17, 15) is 24.0 Å². The van der Waals surface area contributed by atoms with Gasteiger partial charge in [0.05, 0.1) is 25.4 Å². The first kappa shape index (κ1) is 39.9. The number of benzene rings is 3. The molecule has 0 aromatic heterocycles. The van der Waals surface area contributed by atoms with Crippen LogP contribution in [0, 0.1) is 5.92 Å². The highest BCUT2D eigenvalue weighted by Gasteiger charge is 2.32. The lowest BCUT2D eigenvalue weighted by Gasteiger charge is -2.26. The van der Waals surface area contributed by atoms with Crippen molar-refractivity contribution in [1.82, 2.24) is 20.9 Å². The highest BCUT2D eigenvalue weighted by molar-refractivity contribution is 5.99. The van der Waals surface area contributed by atoms with Gasteiger partial charge in [-0.05, 0) is 48.4 Å². The number of carbonyl (C=O) groups is 5. The molecule has 278 valence electrons. The van der Waals surface area contributed by atoms with Crippen LogP contribution in [0.25, 0.3) is 0 Å². The predicted octanol–water partition coefficient (Wildman–Crippen LogP) is 3.09. The Labute approximate surface area is 305 Å². The maximum Gasteiger partial charge on any atom is 0.345 e. The minimum Gasteiger partial charge on any atom is -0.388 e. The average Bonchev–Trinajstić information content (AvgIpc) is 3.15. The van der Waals surface area contributed by atoms with Crippen molar-refractivity contribution in [2.75, 3.05) is 46.1 Å². The fourth-order valence-corrected chi connectivity index (χ4v) is 5.73. The second kappa shape index (κ2) is 21.5. The van der Waals surface area contributed by atoms with Crippen LogP contribution in [-0.2, 0) is 46.2 Å². The number of nitrogens with one attached hydrogen (secondary N) is 3. The number of hydrogen-bond donors (Lipinski definition) is 3. The van der Waals surface area contributed by atoms with Crippen LogP contribution < -0.4 is 16.0 Å². The summed E-state index contributed by atoms with van der Waals surface area (Å²) in [6.45, 7) is 7.56. The molecule has 3 amide bonds. The molecule has 12 nitrogen and oxygen atoms in total. The molecule has 0 bridgehead atoms. The van der Waals surface area contributed by atoms with E-state index < -0.39 is 47.8 Å². The maximum atomic E-state index is 13.9. The van der Waals surface area contributed by atoms with Crippen molar-refractivity contribution < 1.29 is 38.2 Å². The number of carbonyl (C=O) groups excluding carboxylic acids is 5. The van der Waals surface area contributed by atoms with E-state index in [1.807, 2.05) is 50.2 Å². The topological polar surface area (TPSA) is 152 Å². The van der Waals surface area contributed by atoms with E-state index in [0.29, 0.717) is 32.8 Å². The number of ether oxygens (including phenoxy) is 3. The zero-order valence-corrected chi connectivity index (χ0v) is 30.0. The van der Waals surface area contributed by atoms with Crippen LogP contribution in [0.5, 0.6) is 0 Å². The number of nitrogens with zero attached hydrogens (tertiary/aromatic N) is 1. The standard InChI is InChI=1S/C40H50N4O8/c1-29(2)26-34(38(47)43-35(27-31-14-8-4-9-15-31)40(49)52-39(48)32-16-10-5-11-17-32)42-37(46)33(19-18-30-12-6-3-7-13-30)41-36(45)28-51-25-22-44-20-23-50-24-21-44/h3-17,29,33-35H,18-28H2,1-2H3,(H,41,45)(H,42,46)(H,43,47)/t33-,34-,35-/m0/s1. The van der Waals surface area contributed by atoms with Crippen molar-refractivity contribution in [3.63, 3.8) is 0 Å². The Bertz CT molecular complexity index is 1570. The molecule has 1 fully saturated rings. The average molecular weight is 715 g/mol. The summed E-state index contributed by atoms with van der Waals surface area (Å²) >= 11 is 0. The quantitative estimate of drug-likeness (QED) is 0.0967. The van der Waals surface area contributed by atoms with Gasteiger partial charge in [0.1, 0.15) is 24.7 Å². The molecule has 1 heterocycles. The number of hydrogen-bond acceptors (Lipinski definition) is 9. The van der Waals surface area contributed by atoms with Gasteiger partial charge < -0.3 is 30.2 Å². The summed E-state index contributed by atoms with van der Waals surface area (Å²) in [5, 5.41) is 8.36. The van der Waals surface area contributed by atoms with Gasteiger partial charge in [-0.2, -0.15) is 0 Å². The largest absolute Gasteiger partial charge is 0.388 e. The SMILES string of the molecule is CC(C)C[C@H](NC(=O)[C@H](CCc1ccccc1)NC(=O)COCCN1CCOCC1)C(=O)N[C@@H](Cc1ccccc1)C(=O)OC(=O)c1ccccc1. The first-order valence-corrected chi connectivity index (χ1v) is 17.8. The molecule has 12 heteroatoms. The fourth-order valence-electron chi connectivity index (χ4n) is 5.73. The van der Waals surface area contributed by atoms with Crippen LogP contribution in [-0.4, -0.2) is 98.7 Å². The summed E-state index contributed by atoms with van der Waals surface area (Å²) in [6.07, 6.45) is 1.07. The summed E-state index contributed by atoms with van der Waals surface area (Å²) in [5.41, 5.74) is 1.91. The van der Waals surface area contributed by atoms with Crippen LogP contribution in [0.15, 0.2) is 91.0 Å². The first-order valence-electron chi connectivity index (χ1n) is 17.8. The van der Waals surface area contributed by atoms with E-state index in [2.05, 4.69) is 20.9 Å². The van der Waals surface area contributed by atoms with Crippen LogP contribution in [0.2, 0.25) is 0 Å². The third kappa shape index (κ3) is 14.0. The molecule has 0 spiro atoms. The molecule has 4 rings (SSSR count). The number of aryl methyl sites for hydroxylation is 1. The number of rotatable bonds is 19. The Kier molecular flexibility index (Phi) is 16.4. The van der Waals surface area contributed by atoms with E-state index in [4.69, 9.17) is 14.2 Å². The van der Waals surface area contributed by atoms with Crippen molar-refractivity contribution in [2.24, 2.45) is 5.92 Å². The zero-order chi connectivity index (χ0) is 37.1. The highest BCUT2D eigenvalue weighted by atomic mass is 16.6. The summed E-state index contributed by atoms with van der Waals surface area (Å²) in [4.78, 5) is 69.0. The van der Waals surface area contributed by atoms with E-state index in [-0.39, 0.29) is 37.4 Å². The minimum atomic E-state index is -1.22. The highest BCUT2D eigenvalue weighted by Crippen LogP contribution is 2.12. The van der Waals surface area contributed by atoms with Crippen molar-refractivity contribution >= 4 is 29.7 Å². The lowest BCUT2D eigenvalue weighted by atomic mass is 10.00. The molecule has 0 saturated carbocycles. The number of morpholine rings is 1. The van der Waals surface area contributed by atoms with E-state index in [1.165, 1.54) is 12.1 Å². The van der Waals surface area contributed by atoms with Crippen molar-refractivity contribution in [3.05, 3.63) is 108 Å². The Hall–Kier alpha value is -4.91. The van der Waals surface area contributed by atoms with Gasteiger partial charge in [-0.25, -0.2) is 9.59 Å². The normalized spacial score (nSPS) is 14.8. The monoisotopic (exact) mass is 714 g/mol. The Morgan fingerprint density at radius 1 is 0.731 bits per heavy atom. The smallest absolute Gasteiger partial charge is 0.345 e. The maximum absolute atomic E-state index is 13.9. The van der Waals surface area contributed by atoms with Gasteiger partial charge in [-0.1, -0.05) is 92.7 Å². The third-order valence-electron chi connectivity index (χ3n) is 8.53. The Morgan fingerprint density at radius 3 is 1.94 bits per heavy atom. The Morgan fingerprint density at radius 2 is 1.31 bits per heavy atom. The molecular weight excluding hydrogens is 664 g/mol. The van der Waals surface area contributed by atoms with Gasteiger partial charge >= 0.3 is 11.9 Å². The molecule has 52 heavy (non-hydrogen) atoms. The van der Waals surface area contributed by atoms with E-state index in [1.54, 1.807) is 42.5 Å². The van der Waals surface area contributed by atoms with Gasteiger partial charge in [-0.3, -0.25) is 19.3 Å². The lowest BCUT2D eigenvalue weighted by molar-refractivity contribution is -0.143. The fraction of sp³-hybridized carbons (Fsp3) is 0.425. The van der Waals surface area contributed by atoms with Crippen LogP contribution in [0.3, 0.4) is 0 Å². The predicted molar refractivity (Wildman–Crippen MR) is 195 cm³/mol. The van der Waals surface area contributed by atoms with Crippen molar-refractivity contribution in [3.8, 4) is 0 Å². The lowest BCUT2D eigenvalue weighted by Crippen LogP contribution is -2.57. The first-order chi connectivity index (χ1) is 25.2. The second-order valence-corrected chi connectivity index (χ2v) is 13.2. The molecule has 3 N–H and O–H groups in total. The van der Waals surface area contributed by atoms with Crippen molar-refractivity contribution in [1.29, 1.82) is 0 Å². The molecule has 1 aliphatic rings. The van der Waals surface area contributed by atoms with Crippen molar-refractivity contribution in [2.45, 2.75) is 57.7 Å². The number of amides is 3. The van der Waals surface area contributed by atoms with E-state index >= 15 is 0 Å². The molecule has 3 aromatic carbocycles. The van der Waals surface area contributed by atoms with Gasteiger partial charge in [0.15, 0.2) is 0 Å². The summed E-state index contributed by atoms with van der Waals surface area (Å²) in [7, 11) is 0. The van der Waals surface area contributed by atoms with Gasteiger partial charge in [0.25, 0.3) is 0 Å². The molecule has 0 radical (unpaired) electrons. The molecule has 1 saturated heterocycles. The van der Waals surface area contributed by atoms with Crippen LogP contribution in [0.4, 0.5) is 0 Å². The third-order valence-corrected chi connectivity index (χ3v) is 8.53. The zero-order valence-electron chi connectivity index (χ0n) is 30.0. The summed E-state index contributed by atoms with van der Waals surface area (Å²) < 4.78 is 16.2. The van der Waals surface area contributed by atoms with Gasteiger partial charge in [0.2, 0.25) is 17.7 Å². The minimum absolute atomic E-state index is 0.0209. The molecule has 3 aromatic rings. The summed E-state index contributed by atoms with van der Waals surface area (Å²) in [5.74, 6) is -3.40. The van der Waals surface area contributed by atoms with E-state index in [0.717, 1.165) is 24.2 Å². The van der Waals surface area contributed by atoms with Crippen LogP contribution in [0.1, 0.15) is 48.2 Å². The molecule has 0 unspecified atom stereocenters. The number of esters is 2. The van der Waals surface area contributed by atoms with Gasteiger partial charge in [-0.15, -0.1) is 0 Å². The van der Waals surface area contributed by atoms with Crippen LogP contribution >= 0.6 is 0 Å². The Balaban J connectivity index is 1.44. The molecule has 1 aliphatic heterocycles. The second-order valence-electron chi connectivity index (χ2n) is 13.2.